The van der Waals surface area contributed by atoms with E-state index in [-0.39, 0.29) is 23.3 Å². The van der Waals surface area contributed by atoms with Gasteiger partial charge in [-0.2, -0.15) is 13.2 Å². The number of hydrogen-bond donors (Lipinski definition) is 0. The van der Waals surface area contributed by atoms with Crippen LogP contribution in [0.2, 0.25) is 0 Å². The second-order valence-corrected chi connectivity index (χ2v) is 7.19. The lowest BCUT2D eigenvalue weighted by Crippen LogP contribution is -2.27. The van der Waals surface area contributed by atoms with Gasteiger partial charge in [0.15, 0.2) is 0 Å². The van der Waals surface area contributed by atoms with E-state index in [4.69, 9.17) is 9.47 Å². The number of rotatable bonds is 11. The van der Waals surface area contributed by atoms with Crippen LogP contribution in [0.5, 0.6) is 0 Å². The topological polar surface area (TPSA) is 52.6 Å². The number of benzene rings is 2. The van der Waals surface area contributed by atoms with Crippen molar-refractivity contribution in [1.82, 2.24) is 0 Å². The zero-order valence-corrected chi connectivity index (χ0v) is 17.5. The van der Waals surface area contributed by atoms with Crippen LogP contribution in [0, 0.1) is 0 Å². The van der Waals surface area contributed by atoms with Crippen molar-refractivity contribution >= 4 is 11.9 Å². The molecule has 0 heterocycles. The average Bonchev–Trinajstić information content (AvgIpc) is 2.76. The largest absolute Gasteiger partial charge is 0.462 e. The molecule has 0 aliphatic heterocycles. The molecule has 168 valence electrons. The Morgan fingerprint density at radius 3 is 1.97 bits per heavy atom. The quantitative estimate of drug-likeness (QED) is 0.292. The number of ether oxygens (including phenoxy) is 2. The summed E-state index contributed by atoms with van der Waals surface area (Å²) in [5.74, 6) is -2.00. The molecule has 31 heavy (non-hydrogen) atoms. The minimum absolute atomic E-state index is 0.118. The number of carbonyl (C=O) groups is 2. The van der Waals surface area contributed by atoms with Gasteiger partial charge in [-0.15, -0.1) is 0 Å². The van der Waals surface area contributed by atoms with E-state index in [2.05, 4.69) is 6.92 Å². The van der Waals surface area contributed by atoms with Gasteiger partial charge in [0.25, 0.3) is 0 Å². The van der Waals surface area contributed by atoms with Gasteiger partial charge in [-0.1, -0.05) is 81.5 Å². The van der Waals surface area contributed by atoms with Gasteiger partial charge in [0.2, 0.25) is 6.10 Å². The van der Waals surface area contributed by atoms with E-state index < -0.39 is 24.2 Å². The van der Waals surface area contributed by atoms with Gasteiger partial charge in [0.05, 0.1) is 17.7 Å². The fourth-order valence-electron chi connectivity index (χ4n) is 3.09. The van der Waals surface area contributed by atoms with Crippen molar-refractivity contribution in [3.05, 3.63) is 71.3 Å². The molecule has 2 aromatic carbocycles. The number of carbonyl (C=O) groups excluding carboxylic acids is 2. The molecule has 7 heteroatoms. The van der Waals surface area contributed by atoms with Gasteiger partial charge in [0.1, 0.15) is 0 Å². The van der Waals surface area contributed by atoms with E-state index in [1.54, 1.807) is 6.07 Å². The third kappa shape index (κ3) is 7.74. The second-order valence-electron chi connectivity index (χ2n) is 7.19. The Morgan fingerprint density at radius 1 is 0.806 bits per heavy atom. The number of hydrogen-bond acceptors (Lipinski definition) is 4. The van der Waals surface area contributed by atoms with E-state index >= 15 is 0 Å². The van der Waals surface area contributed by atoms with Gasteiger partial charge in [0, 0.05) is 5.56 Å². The minimum atomic E-state index is -4.80. The van der Waals surface area contributed by atoms with Gasteiger partial charge in [-0.05, 0) is 18.6 Å². The molecular weight excluding hydrogens is 409 g/mol. The highest BCUT2D eigenvalue weighted by molar-refractivity contribution is 6.03. The van der Waals surface area contributed by atoms with Crippen LogP contribution in [0.25, 0.3) is 0 Å². The summed E-state index contributed by atoms with van der Waals surface area (Å²) in [6, 6.07) is 12.4. The summed E-state index contributed by atoms with van der Waals surface area (Å²) in [7, 11) is 0. The third-order valence-corrected chi connectivity index (χ3v) is 4.72. The van der Waals surface area contributed by atoms with E-state index in [0.29, 0.717) is 6.42 Å². The fraction of sp³-hybridized carbons (Fsp3) is 0.417. The Morgan fingerprint density at radius 2 is 1.35 bits per heavy atom. The summed E-state index contributed by atoms with van der Waals surface area (Å²) in [5.41, 5.74) is -0.584. The predicted molar refractivity (Wildman–Crippen MR) is 111 cm³/mol. The van der Waals surface area contributed by atoms with Crippen LogP contribution in [0.4, 0.5) is 13.2 Å². The average molecular weight is 436 g/mol. The zero-order valence-electron chi connectivity index (χ0n) is 17.5. The molecule has 0 bridgehead atoms. The fourth-order valence-corrected chi connectivity index (χ4v) is 3.09. The first-order valence-electron chi connectivity index (χ1n) is 10.4. The molecule has 0 saturated heterocycles. The lowest BCUT2D eigenvalue weighted by atomic mass is 10.1. The molecule has 0 spiro atoms. The van der Waals surface area contributed by atoms with Crippen molar-refractivity contribution in [1.29, 1.82) is 0 Å². The summed E-state index contributed by atoms with van der Waals surface area (Å²) < 4.78 is 50.5. The van der Waals surface area contributed by atoms with Crippen molar-refractivity contribution in [3.63, 3.8) is 0 Å². The summed E-state index contributed by atoms with van der Waals surface area (Å²) in [5, 5.41) is 0. The van der Waals surface area contributed by atoms with Crippen LogP contribution in [-0.2, 0) is 9.47 Å². The summed E-state index contributed by atoms with van der Waals surface area (Å²) >= 11 is 0. The smallest absolute Gasteiger partial charge is 0.429 e. The Bertz CT molecular complexity index is 834. The molecule has 0 saturated carbocycles. The first-order chi connectivity index (χ1) is 14.8. The molecule has 4 nitrogen and oxygen atoms in total. The number of esters is 2. The van der Waals surface area contributed by atoms with Crippen molar-refractivity contribution in [2.24, 2.45) is 0 Å². The maximum absolute atomic E-state index is 13.5. The molecule has 0 aliphatic carbocycles. The normalized spacial score (nSPS) is 12.3. The SMILES string of the molecule is CCCCCCCCOC(=O)c1ccccc1C(=O)OC(c1ccccc1)C(F)(F)F. The lowest BCUT2D eigenvalue weighted by Gasteiger charge is -2.21. The summed E-state index contributed by atoms with van der Waals surface area (Å²) in [6.45, 7) is 2.31. The zero-order chi connectivity index (χ0) is 22.7. The molecule has 2 aromatic rings. The summed E-state index contributed by atoms with van der Waals surface area (Å²) in [6.07, 6.45) is -1.16. The Balaban J connectivity index is 2.04. The van der Waals surface area contributed by atoms with Crippen LogP contribution in [0.3, 0.4) is 0 Å². The molecule has 1 atom stereocenters. The number of halogens is 3. The predicted octanol–water partition coefficient (Wildman–Crippen LogP) is 6.66. The van der Waals surface area contributed by atoms with Gasteiger partial charge in [-0.25, -0.2) is 9.59 Å². The lowest BCUT2D eigenvalue weighted by molar-refractivity contribution is -0.207. The molecule has 0 N–H and O–H groups in total. The highest BCUT2D eigenvalue weighted by Crippen LogP contribution is 2.36. The summed E-state index contributed by atoms with van der Waals surface area (Å²) in [4.78, 5) is 25.0. The first kappa shape index (κ1) is 24.4. The number of unbranched alkanes of at least 4 members (excludes halogenated alkanes) is 5. The molecule has 2 rings (SSSR count). The highest BCUT2D eigenvalue weighted by atomic mass is 19.4. The molecule has 0 aromatic heterocycles. The van der Waals surface area contributed by atoms with Gasteiger partial charge in [-0.3, -0.25) is 0 Å². The number of alkyl halides is 3. The maximum atomic E-state index is 13.5. The van der Waals surface area contributed by atoms with Crippen molar-refractivity contribution < 1.29 is 32.2 Å². The molecule has 0 radical (unpaired) electrons. The van der Waals surface area contributed by atoms with E-state index in [9.17, 15) is 22.8 Å². The molecule has 0 aliphatic rings. The standard InChI is InChI=1S/C24H27F3O4/c1-2-3-4-5-6-12-17-30-22(28)19-15-10-11-16-20(19)23(29)31-21(24(25,26)27)18-13-8-7-9-14-18/h7-11,13-16,21H,2-6,12,17H2,1H3. The molecule has 0 fully saturated rings. The first-order valence-corrected chi connectivity index (χ1v) is 10.4. The molecular formula is C24H27F3O4. The third-order valence-electron chi connectivity index (χ3n) is 4.72. The van der Waals surface area contributed by atoms with E-state index in [1.165, 1.54) is 48.5 Å². The Labute approximate surface area is 180 Å². The minimum Gasteiger partial charge on any atom is -0.462 e. The van der Waals surface area contributed by atoms with Crippen LogP contribution in [0.1, 0.15) is 77.8 Å². The second kappa shape index (κ2) is 12.1. The molecule has 0 amide bonds. The highest BCUT2D eigenvalue weighted by Gasteiger charge is 2.44. The Hall–Kier alpha value is -2.83. The van der Waals surface area contributed by atoms with Gasteiger partial charge >= 0.3 is 18.1 Å². The van der Waals surface area contributed by atoms with E-state index in [0.717, 1.165) is 32.1 Å². The maximum Gasteiger partial charge on any atom is 0.429 e. The Kier molecular flexibility index (Phi) is 9.56. The van der Waals surface area contributed by atoms with Crippen molar-refractivity contribution in [2.75, 3.05) is 6.61 Å². The van der Waals surface area contributed by atoms with Crippen LogP contribution in [0.15, 0.2) is 54.6 Å². The van der Waals surface area contributed by atoms with Crippen molar-refractivity contribution in [3.8, 4) is 0 Å². The van der Waals surface area contributed by atoms with Crippen molar-refractivity contribution in [2.45, 2.75) is 57.7 Å². The monoisotopic (exact) mass is 436 g/mol. The van der Waals surface area contributed by atoms with E-state index in [1.807, 2.05) is 0 Å². The van der Waals surface area contributed by atoms with Gasteiger partial charge < -0.3 is 9.47 Å². The van der Waals surface area contributed by atoms with Crippen LogP contribution < -0.4 is 0 Å². The van der Waals surface area contributed by atoms with Crippen LogP contribution >= 0.6 is 0 Å². The molecule has 1 unspecified atom stereocenters. The van der Waals surface area contributed by atoms with Crippen LogP contribution in [-0.4, -0.2) is 24.7 Å².